The van der Waals surface area contributed by atoms with Crippen molar-refractivity contribution in [3.8, 4) is 0 Å². The minimum Gasteiger partial charge on any atom is -0.478 e. The molecule has 0 aromatic heterocycles. The molecule has 0 radical (unpaired) electrons. The van der Waals surface area contributed by atoms with Gasteiger partial charge >= 0.3 is 17.9 Å². The number of hydrogen-bond acceptors (Lipinski definition) is 3. The van der Waals surface area contributed by atoms with Crippen LogP contribution in [-0.4, -0.2) is 33.2 Å². The Morgan fingerprint density at radius 1 is 0.385 bits per heavy atom. The highest BCUT2D eigenvalue weighted by Crippen LogP contribution is 2.20. The second-order valence-electron chi connectivity index (χ2n) is 9.61. The number of aromatic carboxylic acids is 3. The van der Waals surface area contributed by atoms with Crippen molar-refractivity contribution in [3.05, 3.63) is 141 Å². The van der Waals surface area contributed by atoms with Crippen molar-refractivity contribution in [1.82, 2.24) is 0 Å². The Kier molecular flexibility index (Phi) is 8.90. The lowest BCUT2D eigenvalue weighted by atomic mass is 9.92. The fourth-order valence-corrected chi connectivity index (χ4v) is 4.60. The molecule has 0 aliphatic heterocycles. The molecule has 0 heterocycles. The largest absolute Gasteiger partial charge is 0.478 e. The van der Waals surface area contributed by atoms with Gasteiger partial charge in [0.2, 0.25) is 0 Å². The predicted octanol–water partition coefficient (Wildman–Crippen LogP) is 6.14. The van der Waals surface area contributed by atoms with E-state index in [4.69, 9.17) is 15.3 Å². The van der Waals surface area contributed by atoms with Gasteiger partial charge in [0, 0.05) is 0 Å². The van der Waals surface area contributed by atoms with Crippen LogP contribution in [0, 0.1) is 0 Å². The van der Waals surface area contributed by atoms with E-state index in [1.54, 1.807) is 36.4 Å². The van der Waals surface area contributed by atoms with E-state index in [9.17, 15) is 14.4 Å². The topological polar surface area (TPSA) is 112 Å². The zero-order valence-corrected chi connectivity index (χ0v) is 21.5. The molecule has 0 saturated heterocycles. The normalized spacial score (nSPS) is 10.8. The van der Waals surface area contributed by atoms with Gasteiger partial charge in [-0.3, -0.25) is 0 Å². The van der Waals surface area contributed by atoms with Crippen LogP contribution in [0.15, 0.2) is 91.0 Å². The van der Waals surface area contributed by atoms with E-state index in [-0.39, 0.29) is 16.7 Å². The molecular weight excluding hydrogens is 492 g/mol. The van der Waals surface area contributed by atoms with Gasteiger partial charge in [0.15, 0.2) is 0 Å². The molecule has 0 unspecified atom stereocenters. The molecule has 39 heavy (non-hydrogen) atoms. The van der Waals surface area contributed by atoms with Gasteiger partial charge in [0.25, 0.3) is 0 Å². The summed E-state index contributed by atoms with van der Waals surface area (Å²) in [5.74, 6) is -2.81. The minimum absolute atomic E-state index is 0.270. The lowest BCUT2D eigenvalue weighted by molar-refractivity contribution is 0.0686. The molecule has 0 aliphatic carbocycles. The fourth-order valence-electron chi connectivity index (χ4n) is 4.60. The maximum atomic E-state index is 11.2. The first-order valence-corrected chi connectivity index (χ1v) is 12.9. The third-order valence-electron chi connectivity index (χ3n) is 6.94. The quantitative estimate of drug-likeness (QED) is 0.206. The van der Waals surface area contributed by atoms with Gasteiger partial charge in [-0.25, -0.2) is 14.4 Å². The lowest BCUT2D eigenvalue weighted by Crippen LogP contribution is -2.03. The molecule has 0 atom stereocenters. The van der Waals surface area contributed by atoms with Crippen molar-refractivity contribution in [2.24, 2.45) is 0 Å². The van der Waals surface area contributed by atoms with Crippen molar-refractivity contribution in [3.63, 3.8) is 0 Å². The first kappa shape index (κ1) is 27.3. The molecule has 0 saturated carbocycles. The van der Waals surface area contributed by atoms with Crippen LogP contribution in [0.2, 0.25) is 0 Å². The van der Waals surface area contributed by atoms with Crippen molar-refractivity contribution in [2.45, 2.75) is 38.5 Å². The molecule has 0 bridgehead atoms. The van der Waals surface area contributed by atoms with Crippen LogP contribution in [0.3, 0.4) is 0 Å². The number of carbonyl (C=O) groups is 3. The standard InChI is InChI=1S/C33H30O6/c34-31(35)27-14-4-22(5-15-27)1-2-25-11-13-26(12-3-23-6-16-28(17-7-23)32(36)37)30(21-25)20-10-24-8-18-29(19-9-24)33(38)39/h4-9,11,13-19,21H,1-3,10,12,20H2,(H,34,35)(H,36,37)(H,38,39). The molecular formula is C33H30O6. The number of benzene rings is 4. The van der Waals surface area contributed by atoms with Gasteiger partial charge in [-0.05, 0) is 108 Å². The highest BCUT2D eigenvalue weighted by molar-refractivity contribution is 5.88. The van der Waals surface area contributed by atoms with Gasteiger partial charge in [0.1, 0.15) is 0 Å². The van der Waals surface area contributed by atoms with Gasteiger partial charge in [0.05, 0.1) is 16.7 Å². The average molecular weight is 523 g/mol. The molecule has 4 aromatic carbocycles. The molecule has 3 N–H and O–H groups in total. The van der Waals surface area contributed by atoms with Gasteiger partial charge < -0.3 is 15.3 Å². The summed E-state index contributed by atoms with van der Waals surface area (Å²) in [6.07, 6.45) is 4.81. The summed E-state index contributed by atoms with van der Waals surface area (Å²) in [7, 11) is 0. The first-order valence-electron chi connectivity index (χ1n) is 12.9. The summed E-state index contributed by atoms with van der Waals surface area (Å²) >= 11 is 0. The highest BCUT2D eigenvalue weighted by Gasteiger charge is 2.09. The summed E-state index contributed by atoms with van der Waals surface area (Å²) in [4.78, 5) is 33.4. The van der Waals surface area contributed by atoms with E-state index in [1.165, 1.54) is 16.7 Å². The SMILES string of the molecule is O=C(O)c1ccc(CCc2ccc(CCc3ccc(C(=O)O)cc3)c(CCc3ccc(C(=O)O)cc3)c2)cc1. The number of hydrogen-bond donors (Lipinski definition) is 3. The third-order valence-corrected chi connectivity index (χ3v) is 6.94. The summed E-state index contributed by atoms with van der Waals surface area (Å²) in [5, 5.41) is 27.4. The maximum Gasteiger partial charge on any atom is 0.335 e. The Balaban J connectivity index is 1.48. The van der Waals surface area contributed by atoms with Crippen molar-refractivity contribution < 1.29 is 29.7 Å². The number of aryl methyl sites for hydroxylation is 6. The molecule has 0 aliphatic rings. The van der Waals surface area contributed by atoms with Crippen LogP contribution in [0.1, 0.15) is 64.5 Å². The summed E-state index contributed by atoms with van der Waals surface area (Å²) < 4.78 is 0. The van der Waals surface area contributed by atoms with Gasteiger partial charge in [-0.2, -0.15) is 0 Å². The summed E-state index contributed by atoms with van der Waals surface area (Å²) in [5.41, 5.74) is 7.70. The van der Waals surface area contributed by atoms with Crippen molar-refractivity contribution in [2.75, 3.05) is 0 Å². The van der Waals surface area contributed by atoms with E-state index < -0.39 is 17.9 Å². The Labute approximate surface area is 227 Å². The number of carboxylic acid groups (broad SMARTS) is 3. The Morgan fingerprint density at radius 2 is 0.692 bits per heavy atom. The van der Waals surface area contributed by atoms with Crippen LogP contribution in [-0.2, 0) is 38.5 Å². The van der Waals surface area contributed by atoms with E-state index in [2.05, 4.69) is 18.2 Å². The second kappa shape index (κ2) is 12.7. The molecule has 4 aromatic rings. The average Bonchev–Trinajstić information content (AvgIpc) is 2.95. The molecule has 4 rings (SSSR count). The van der Waals surface area contributed by atoms with Crippen LogP contribution >= 0.6 is 0 Å². The fraction of sp³-hybridized carbons (Fsp3) is 0.182. The smallest absolute Gasteiger partial charge is 0.335 e. The molecule has 0 amide bonds. The van der Waals surface area contributed by atoms with Crippen LogP contribution in [0.25, 0.3) is 0 Å². The molecule has 0 fully saturated rings. The van der Waals surface area contributed by atoms with Crippen molar-refractivity contribution >= 4 is 17.9 Å². The predicted molar refractivity (Wildman–Crippen MR) is 149 cm³/mol. The van der Waals surface area contributed by atoms with E-state index in [0.29, 0.717) is 0 Å². The Bertz CT molecular complexity index is 1450. The van der Waals surface area contributed by atoms with E-state index in [1.807, 2.05) is 36.4 Å². The molecule has 6 nitrogen and oxygen atoms in total. The molecule has 198 valence electrons. The molecule has 6 heteroatoms. The number of carboxylic acids is 3. The van der Waals surface area contributed by atoms with Gasteiger partial charge in [-0.1, -0.05) is 54.6 Å². The van der Waals surface area contributed by atoms with E-state index in [0.717, 1.165) is 55.2 Å². The van der Waals surface area contributed by atoms with E-state index >= 15 is 0 Å². The Morgan fingerprint density at radius 3 is 1.08 bits per heavy atom. The Hall–Kier alpha value is -4.71. The summed E-state index contributed by atoms with van der Waals surface area (Å²) in [6.45, 7) is 0. The van der Waals surface area contributed by atoms with Crippen LogP contribution < -0.4 is 0 Å². The summed E-state index contributed by atoms with van der Waals surface area (Å²) in [6, 6.07) is 27.5. The minimum atomic E-state index is -0.939. The monoisotopic (exact) mass is 522 g/mol. The van der Waals surface area contributed by atoms with Crippen molar-refractivity contribution in [1.29, 1.82) is 0 Å². The highest BCUT2D eigenvalue weighted by atomic mass is 16.4. The zero-order chi connectivity index (χ0) is 27.8. The number of rotatable bonds is 12. The lowest BCUT2D eigenvalue weighted by Gasteiger charge is -2.13. The first-order chi connectivity index (χ1) is 18.8. The molecule has 0 spiro atoms. The zero-order valence-electron chi connectivity index (χ0n) is 21.5. The third kappa shape index (κ3) is 7.65. The van der Waals surface area contributed by atoms with Crippen LogP contribution in [0.4, 0.5) is 0 Å². The second-order valence-corrected chi connectivity index (χ2v) is 9.61. The van der Waals surface area contributed by atoms with Crippen LogP contribution in [0.5, 0.6) is 0 Å². The van der Waals surface area contributed by atoms with Gasteiger partial charge in [-0.15, -0.1) is 0 Å². The maximum absolute atomic E-state index is 11.2.